The second-order valence-corrected chi connectivity index (χ2v) is 7.03. The van der Waals surface area contributed by atoms with Gasteiger partial charge < -0.3 is 9.64 Å². The Hall–Kier alpha value is -1.89. The summed E-state index contributed by atoms with van der Waals surface area (Å²) in [6.07, 6.45) is 4.19. The average molecular weight is 393 g/mol. The third kappa shape index (κ3) is 3.61. The summed E-state index contributed by atoms with van der Waals surface area (Å²) >= 11 is 3.42. The number of aryl methyl sites for hydroxylation is 1. The van der Waals surface area contributed by atoms with E-state index in [2.05, 4.69) is 26.2 Å². The highest BCUT2D eigenvalue weighted by Gasteiger charge is 2.25. The van der Waals surface area contributed by atoms with Crippen LogP contribution in [0.2, 0.25) is 0 Å². The van der Waals surface area contributed by atoms with Gasteiger partial charge in [0.25, 0.3) is 0 Å². The van der Waals surface area contributed by atoms with Crippen molar-refractivity contribution in [2.45, 2.75) is 38.3 Å². The van der Waals surface area contributed by atoms with Crippen LogP contribution in [0.4, 0.5) is 4.79 Å². The Labute approximate surface area is 149 Å². The summed E-state index contributed by atoms with van der Waals surface area (Å²) in [5.74, 6) is 0. The SMILES string of the molecule is CN(C(=O)OCc1c(-c2ccc(Br)cc2)nnn1C)C1CCCC1. The molecule has 0 radical (unpaired) electrons. The number of halogens is 1. The molecular formula is C17H21BrN4O2. The number of rotatable bonds is 4. The highest BCUT2D eigenvalue weighted by Crippen LogP contribution is 2.25. The molecular weight excluding hydrogens is 372 g/mol. The Kier molecular flexibility index (Phi) is 5.18. The maximum atomic E-state index is 12.3. The second-order valence-electron chi connectivity index (χ2n) is 6.12. The summed E-state index contributed by atoms with van der Waals surface area (Å²) in [7, 11) is 3.62. The van der Waals surface area contributed by atoms with Crippen LogP contribution >= 0.6 is 15.9 Å². The summed E-state index contributed by atoms with van der Waals surface area (Å²) in [6.45, 7) is 0.158. The van der Waals surface area contributed by atoms with Gasteiger partial charge in [-0.05, 0) is 25.0 Å². The predicted molar refractivity (Wildman–Crippen MR) is 94.3 cm³/mol. The highest BCUT2D eigenvalue weighted by atomic mass is 79.9. The van der Waals surface area contributed by atoms with Crippen molar-refractivity contribution in [1.29, 1.82) is 0 Å². The van der Waals surface area contributed by atoms with Gasteiger partial charge in [0.1, 0.15) is 18.0 Å². The molecule has 1 heterocycles. The van der Waals surface area contributed by atoms with Crippen molar-refractivity contribution in [2.24, 2.45) is 7.05 Å². The van der Waals surface area contributed by atoms with Crippen LogP contribution in [-0.4, -0.2) is 39.1 Å². The first-order valence-electron chi connectivity index (χ1n) is 8.10. The van der Waals surface area contributed by atoms with E-state index in [9.17, 15) is 4.79 Å². The van der Waals surface area contributed by atoms with E-state index in [-0.39, 0.29) is 12.7 Å². The van der Waals surface area contributed by atoms with Gasteiger partial charge in [-0.1, -0.05) is 46.1 Å². The summed E-state index contributed by atoms with van der Waals surface area (Å²) in [4.78, 5) is 14.0. The quantitative estimate of drug-likeness (QED) is 0.794. The third-order valence-corrected chi connectivity index (χ3v) is 5.08. The molecule has 7 heteroatoms. The van der Waals surface area contributed by atoms with Gasteiger partial charge in [0.05, 0.1) is 0 Å². The number of hydrogen-bond donors (Lipinski definition) is 0. The molecule has 0 unspecified atom stereocenters. The lowest BCUT2D eigenvalue weighted by molar-refractivity contribution is 0.0899. The number of hydrogen-bond acceptors (Lipinski definition) is 4. The zero-order valence-corrected chi connectivity index (χ0v) is 15.5. The second kappa shape index (κ2) is 7.34. The van der Waals surface area contributed by atoms with Crippen LogP contribution in [0.5, 0.6) is 0 Å². The van der Waals surface area contributed by atoms with Crippen LogP contribution in [0.25, 0.3) is 11.3 Å². The molecule has 128 valence electrons. The molecule has 0 N–H and O–H groups in total. The van der Waals surface area contributed by atoms with Crippen LogP contribution < -0.4 is 0 Å². The summed E-state index contributed by atoms with van der Waals surface area (Å²) < 4.78 is 8.16. The van der Waals surface area contributed by atoms with Crippen molar-refractivity contribution in [3.63, 3.8) is 0 Å². The van der Waals surface area contributed by atoms with Gasteiger partial charge in [-0.15, -0.1) is 5.10 Å². The lowest BCUT2D eigenvalue weighted by Crippen LogP contribution is -2.35. The van der Waals surface area contributed by atoms with Crippen LogP contribution in [-0.2, 0) is 18.4 Å². The monoisotopic (exact) mass is 392 g/mol. The van der Waals surface area contributed by atoms with E-state index >= 15 is 0 Å². The number of benzene rings is 1. The third-order valence-electron chi connectivity index (χ3n) is 4.55. The number of nitrogens with zero attached hydrogens (tertiary/aromatic N) is 4. The van der Waals surface area contributed by atoms with Crippen LogP contribution in [0, 0.1) is 0 Å². The van der Waals surface area contributed by atoms with Crippen LogP contribution in [0.1, 0.15) is 31.4 Å². The molecule has 1 aromatic carbocycles. The first-order chi connectivity index (χ1) is 11.6. The molecule has 1 aliphatic rings. The number of carbonyl (C=O) groups is 1. The van der Waals surface area contributed by atoms with Crippen molar-refractivity contribution < 1.29 is 9.53 Å². The molecule has 24 heavy (non-hydrogen) atoms. The van der Waals surface area contributed by atoms with E-state index in [1.54, 1.807) is 16.6 Å². The molecule has 0 aliphatic heterocycles. The Bertz CT molecular complexity index is 708. The van der Waals surface area contributed by atoms with Crippen molar-refractivity contribution in [2.75, 3.05) is 7.05 Å². The maximum absolute atomic E-state index is 12.3. The van der Waals surface area contributed by atoms with E-state index in [0.29, 0.717) is 6.04 Å². The van der Waals surface area contributed by atoms with Gasteiger partial charge in [-0.3, -0.25) is 0 Å². The zero-order chi connectivity index (χ0) is 17.1. The Morgan fingerprint density at radius 2 is 2.00 bits per heavy atom. The number of carbonyl (C=O) groups excluding carboxylic acids is 1. The van der Waals surface area contributed by atoms with E-state index in [1.807, 2.05) is 31.3 Å². The molecule has 0 bridgehead atoms. The van der Waals surface area contributed by atoms with Crippen molar-refractivity contribution >= 4 is 22.0 Å². The van der Waals surface area contributed by atoms with E-state index < -0.39 is 0 Å². The molecule has 2 aromatic rings. The lowest BCUT2D eigenvalue weighted by Gasteiger charge is -2.23. The smallest absolute Gasteiger partial charge is 0.410 e. The molecule has 1 saturated carbocycles. The van der Waals surface area contributed by atoms with Crippen molar-refractivity contribution in [1.82, 2.24) is 19.9 Å². The summed E-state index contributed by atoms with van der Waals surface area (Å²) in [5, 5.41) is 8.27. The minimum atomic E-state index is -0.287. The van der Waals surface area contributed by atoms with Gasteiger partial charge in [-0.2, -0.15) is 0 Å². The molecule has 0 saturated heterocycles. The fourth-order valence-electron chi connectivity index (χ4n) is 3.04. The van der Waals surface area contributed by atoms with Gasteiger partial charge >= 0.3 is 6.09 Å². The molecule has 1 aromatic heterocycles. The standard InChI is InChI=1S/C17H21BrN4O2/c1-21(14-5-3-4-6-14)17(23)24-11-15-16(19-20-22(15)2)12-7-9-13(18)10-8-12/h7-10,14H,3-6,11H2,1-2H3. The molecule has 6 nitrogen and oxygen atoms in total. The van der Waals surface area contributed by atoms with Gasteiger partial charge in [0.15, 0.2) is 0 Å². The molecule has 1 aliphatic carbocycles. The number of ether oxygens (including phenoxy) is 1. The normalized spacial score (nSPS) is 14.8. The van der Waals surface area contributed by atoms with Crippen LogP contribution in [0.3, 0.4) is 0 Å². The molecule has 1 fully saturated rings. The largest absolute Gasteiger partial charge is 0.443 e. The summed E-state index contributed by atoms with van der Waals surface area (Å²) in [5.41, 5.74) is 2.47. The Morgan fingerprint density at radius 1 is 1.33 bits per heavy atom. The summed E-state index contributed by atoms with van der Waals surface area (Å²) in [6, 6.07) is 8.13. The van der Waals surface area contributed by atoms with Gasteiger partial charge in [0.2, 0.25) is 0 Å². The number of amides is 1. The molecule has 3 rings (SSSR count). The minimum Gasteiger partial charge on any atom is -0.443 e. The van der Waals surface area contributed by atoms with Crippen LogP contribution in [0.15, 0.2) is 28.7 Å². The first-order valence-corrected chi connectivity index (χ1v) is 8.89. The topological polar surface area (TPSA) is 60.3 Å². The van der Waals surface area contributed by atoms with Crippen molar-refractivity contribution in [3.8, 4) is 11.3 Å². The first kappa shape index (κ1) is 17.0. The zero-order valence-electron chi connectivity index (χ0n) is 13.9. The Balaban J connectivity index is 1.70. The molecule has 1 amide bonds. The molecule has 0 spiro atoms. The average Bonchev–Trinajstić information content (AvgIpc) is 3.23. The van der Waals surface area contributed by atoms with E-state index in [4.69, 9.17) is 4.74 Å². The minimum absolute atomic E-state index is 0.158. The van der Waals surface area contributed by atoms with E-state index in [0.717, 1.165) is 34.3 Å². The lowest BCUT2D eigenvalue weighted by atomic mass is 10.1. The van der Waals surface area contributed by atoms with Gasteiger partial charge in [-0.25, -0.2) is 9.48 Å². The highest BCUT2D eigenvalue weighted by molar-refractivity contribution is 9.10. The number of aromatic nitrogens is 3. The fourth-order valence-corrected chi connectivity index (χ4v) is 3.31. The predicted octanol–water partition coefficient (Wildman–Crippen LogP) is 3.76. The molecule has 0 atom stereocenters. The van der Waals surface area contributed by atoms with E-state index in [1.165, 1.54) is 12.8 Å². The fraction of sp³-hybridized carbons (Fsp3) is 0.471. The maximum Gasteiger partial charge on any atom is 0.410 e. The Morgan fingerprint density at radius 3 is 2.67 bits per heavy atom. The van der Waals surface area contributed by atoms with Crippen molar-refractivity contribution in [3.05, 3.63) is 34.4 Å². The van der Waals surface area contributed by atoms with Gasteiger partial charge in [0, 0.05) is 30.2 Å².